The van der Waals surface area contributed by atoms with Crippen LogP contribution in [0.4, 0.5) is 11.4 Å². The van der Waals surface area contributed by atoms with Crippen LogP contribution in [0.1, 0.15) is 25.1 Å². The molecule has 1 saturated heterocycles. The third-order valence-corrected chi connectivity index (χ3v) is 6.89. The Morgan fingerprint density at radius 1 is 1.13 bits per heavy atom. The summed E-state index contributed by atoms with van der Waals surface area (Å²) in [6.45, 7) is 0.485. The Hall–Kier alpha value is -3.20. The van der Waals surface area contributed by atoms with Crippen LogP contribution in [0, 0.1) is 0 Å². The highest BCUT2D eigenvalue weighted by Crippen LogP contribution is 2.25. The van der Waals surface area contributed by atoms with Gasteiger partial charge in [0.15, 0.2) is 0 Å². The van der Waals surface area contributed by atoms with Crippen LogP contribution in [0.15, 0.2) is 53.3 Å². The predicted molar refractivity (Wildman–Crippen MR) is 116 cm³/mol. The molecule has 2 heterocycles. The number of aryl methyl sites for hydroxylation is 1. The maximum Gasteiger partial charge on any atom is 0.258 e. The number of amides is 1. The highest BCUT2D eigenvalue weighted by atomic mass is 32.2. The maximum atomic E-state index is 12.2. The minimum Gasteiger partial charge on any atom is -0.326 e. The van der Waals surface area contributed by atoms with Crippen molar-refractivity contribution in [2.75, 3.05) is 21.9 Å². The fraction of sp³-hybridized carbons (Fsp3) is 0.286. The highest BCUT2D eigenvalue weighted by Gasteiger charge is 2.28. The van der Waals surface area contributed by atoms with Crippen LogP contribution in [-0.4, -0.2) is 36.6 Å². The van der Waals surface area contributed by atoms with Crippen molar-refractivity contribution in [3.05, 3.63) is 64.7 Å². The summed E-state index contributed by atoms with van der Waals surface area (Å²) < 4.78 is 25.4. The fourth-order valence-electron chi connectivity index (χ4n) is 3.53. The van der Waals surface area contributed by atoms with Gasteiger partial charge in [0.2, 0.25) is 15.9 Å². The summed E-state index contributed by atoms with van der Waals surface area (Å²) in [5.41, 5.74) is 1.68. The maximum absolute atomic E-state index is 12.2. The predicted octanol–water partition coefficient (Wildman–Crippen LogP) is 2.42. The number of sulfonamides is 1. The minimum absolute atomic E-state index is 0.153. The Bertz CT molecular complexity index is 1240. The first-order valence-electron chi connectivity index (χ1n) is 9.81. The molecule has 3 aromatic rings. The van der Waals surface area contributed by atoms with Crippen LogP contribution in [0.5, 0.6) is 0 Å². The van der Waals surface area contributed by atoms with E-state index in [4.69, 9.17) is 0 Å². The van der Waals surface area contributed by atoms with Crippen molar-refractivity contribution >= 4 is 38.2 Å². The van der Waals surface area contributed by atoms with Crippen LogP contribution < -0.4 is 15.2 Å². The van der Waals surface area contributed by atoms with Gasteiger partial charge in [-0.3, -0.25) is 13.9 Å². The molecule has 1 aliphatic rings. The van der Waals surface area contributed by atoms with E-state index >= 15 is 0 Å². The molecular formula is C21H22N4O4S. The molecular weight excluding hydrogens is 404 g/mol. The van der Waals surface area contributed by atoms with Crippen molar-refractivity contribution in [2.45, 2.75) is 25.7 Å². The molecule has 1 amide bonds. The monoisotopic (exact) mass is 426 g/mol. The molecule has 0 radical (unpaired) electrons. The van der Waals surface area contributed by atoms with Crippen molar-refractivity contribution in [2.24, 2.45) is 0 Å². The highest BCUT2D eigenvalue weighted by molar-refractivity contribution is 7.93. The van der Waals surface area contributed by atoms with Crippen LogP contribution in [-0.2, 0) is 21.2 Å². The molecule has 30 heavy (non-hydrogen) atoms. The summed E-state index contributed by atoms with van der Waals surface area (Å²) in [4.78, 5) is 31.5. The van der Waals surface area contributed by atoms with E-state index in [9.17, 15) is 18.0 Å². The largest absolute Gasteiger partial charge is 0.326 e. The molecule has 0 unspecified atom stereocenters. The second kappa shape index (κ2) is 8.27. The molecule has 2 N–H and O–H groups in total. The summed E-state index contributed by atoms with van der Waals surface area (Å²) >= 11 is 0. The van der Waals surface area contributed by atoms with Gasteiger partial charge in [0.25, 0.3) is 5.56 Å². The Morgan fingerprint density at radius 2 is 1.90 bits per heavy atom. The first kappa shape index (κ1) is 20.1. The van der Waals surface area contributed by atoms with Crippen molar-refractivity contribution < 1.29 is 13.2 Å². The first-order chi connectivity index (χ1) is 14.4. The minimum atomic E-state index is -3.22. The fourth-order valence-corrected chi connectivity index (χ4v) is 5.10. The van der Waals surface area contributed by atoms with Gasteiger partial charge in [-0.05, 0) is 49.2 Å². The number of carbonyl (C=O) groups is 1. The van der Waals surface area contributed by atoms with Crippen LogP contribution in [0.2, 0.25) is 0 Å². The van der Waals surface area contributed by atoms with Gasteiger partial charge in [0.05, 0.1) is 22.3 Å². The Labute approximate surface area is 174 Å². The quantitative estimate of drug-likeness (QED) is 0.629. The van der Waals surface area contributed by atoms with Gasteiger partial charge in [-0.25, -0.2) is 13.4 Å². The zero-order valence-electron chi connectivity index (χ0n) is 16.3. The number of H-pyrrole nitrogens is 1. The number of nitrogens with one attached hydrogen (secondary N) is 2. The van der Waals surface area contributed by atoms with E-state index in [2.05, 4.69) is 15.3 Å². The summed E-state index contributed by atoms with van der Waals surface area (Å²) in [6.07, 6.45) is 1.92. The molecule has 1 aliphatic heterocycles. The van der Waals surface area contributed by atoms with Crippen LogP contribution in [0.25, 0.3) is 10.9 Å². The molecule has 8 nitrogen and oxygen atoms in total. The molecule has 0 spiro atoms. The van der Waals surface area contributed by atoms with Crippen molar-refractivity contribution in [3.8, 4) is 0 Å². The first-order valence-corrected chi connectivity index (χ1v) is 11.4. The lowest BCUT2D eigenvalue weighted by Gasteiger charge is -2.17. The molecule has 2 aromatic carbocycles. The van der Waals surface area contributed by atoms with Gasteiger partial charge >= 0.3 is 0 Å². The van der Waals surface area contributed by atoms with E-state index < -0.39 is 10.0 Å². The number of aromatic nitrogens is 2. The van der Waals surface area contributed by atoms with Crippen LogP contribution >= 0.6 is 0 Å². The van der Waals surface area contributed by atoms with Gasteiger partial charge in [-0.1, -0.05) is 12.1 Å². The second-order valence-corrected chi connectivity index (χ2v) is 9.23. The average Bonchev–Trinajstić information content (AvgIpc) is 3.08. The number of para-hydroxylation sites is 1. The molecule has 4 rings (SSSR count). The summed E-state index contributed by atoms with van der Waals surface area (Å²) in [6, 6.07) is 13.9. The van der Waals surface area contributed by atoms with E-state index in [0.29, 0.717) is 53.9 Å². The van der Waals surface area contributed by atoms with Gasteiger partial charge in [-0.15, -0.1) is 0 Å². The number of anilines is 2. The number of hydrogen-bond donors (Lipinski definition) is 2. The van der Waals surface area contributed by atoms with E-state index in [-0.39, 0.29) is 23.6 Å². The lowest BCUT2D eigenvalue weighted by atomic mass is 10.2. The number of benzene rings is 2. The van der Waals surface area contributed by atoms with Gasteiger partial charge in [0, 0.05) is 25.1 Å². The average molecular weight is 426 g/mol. The molecule has 0 saturated carbocycles. The van der Waals surface area contributed by atoms with Gasteiger partial charge in [0.1, 0.15) is 5.82 Å². The number of aromatic amines is 1. The molecule has 0 bridgehead atoms. The summed E-state index contributed by atoms with van der Waals surface area (Å²) in [5.74, 6) is 0.574. The van der Waals surface area contributed by atoms with Gasteiger partial charge < -0.3 is 10.3 Å². The van der Waals surface area contributed by atoms with E-state index in [1.54, 1.807) is 42.5 Å². The van der Waals surface area contributed by atoms with Crippen molar-refractivity contribution in [3.63, 3.8) is 0 Å². The SMILES string of the molecule is O=C(CCCc1nc2ccccc2c(=O)[nH]1)Nc1ccc(N2CCCS2(=O)=O)cc1. The number of carbonyl (C=O) groups excluding carboxylic acids is 1. The van der Waals surface area contributed by atoms with E-state index in [1.807, 2.05) is 6.07 Å². The van der Waals surface area contributed by atoms with Crippen LogP contribution in [0.3, 0.4) is 0 Å². The van der Waals surface area contributed by atoms with Crippen molar-refractivity contribution in [1.82, 2.24) is 9.97 Å². The Balaban J connectivity index is 1.31. The topological polar surface area (TPSA) is 112 Å². The number of rotatable bonds is 6. The number of hydrogen-bond acceptors (Lipinski definition) is 5. The standard InChI is InChI=1S/C21H22N4O4S/c26-20(8-3-7-19-23-18-6-2-1-5-17(18)21(27)24-19)22-15-9-11-16(12-10-15)25-13-4-14-30(25,28)29/h1-2,5-6,9-12H,3-4,7-8,13-14H2,(H,22,26)(H,23,24,27). The van der Waals surface area contributed by atoms with Crippen molar-refractivity contribution in [1.29, 1.82) is 0 Å². The normalized spacial score (nSPS) is 15.4. The zero-order valence-corrected chi connectivity index (χ0v) is 17.1. The second-order valence-electron chi connectivity index (χ2n) is 7.22. The Kier molecular flexibility index (Phi) is 5.54. The van der Waals surface area contributed by atoms with Gasteiger partial charge in [-0.2, -0.15) is 0 Å². The Morgan fingerprint density at radius 3 is 2.63 bits per heavy atom. The lowest BCUT2D eigenvalue weighted by molar-refractivity contribution is -0.116. The molecule has 1 aromatic heterocycles. The summed E-state index contributed by atoms with van der Waals surface area (Å²) in [5, 5.41) is 3.35. The molecule has 156 valence electrons. The molecule has 1 fully saturated rings. The van der Waals surface area contributed by atoms with E-state index in [1.165, 1.54) is 4.31 Å². The van der Waals surface area contributed by atoms with E-state index in [0.717, 1.165) is 0 Å². The smallest absolute Gasteiger partial charge is 0.258 e. The molecule has 9 heteroatoms. The molecule has 0 aliphatic carbocycles. The third kappa shape index (κ3) is 4.35. The lowest BCUT2D eigenvalue weighted by Crippen LogP contribution is -2.24. The summed E-state index contributed by atoms with van der Waals surface area (Å²) in [7, 11) is -3.22. The zero-order chi connectivity index (χ0) is 21.1. The number of fused-ring (bicyclic) bond motifs is 1. The molecule has 0 atom stereocenters. The third-order valence-electron chi connectivity index (χ3n) is 5.02. The number of nitrogens with zero attached hydrogens (tertiary/aromatic N) is 2.